The molecule has 0 bridgehead atoms. The molecule has 0 atom stereocenters. The van der Waals surface area contributed by atoms with Crippen LogP contribution >= 0.6 is 15.9 Å². The van der Waals surface area contributed by atoms with Gasteiger partial charge in [0.15, 0.2) is 0 Å². The van der Waals surface area contributed by atoms with Crippen LogP contribution in [0.25, 0.3) is 0 Å². The average molecular weight is 306 g/mol. The van der Waals surface area contributed by atoms with Crippen molar-refractivity contribution in [1.82, 2.24) is 14.9 Å². The second kappa shape index (κ2) is 5.73. The van der Waals surface area contributed by atoms with Crippen LogP contribution in [0.1, 0.15) is 15.9 Å². The maximum atomic E-state index is 12.2. The Balaban J connectivity index is 2.13. The molecular weight excluding hydrogens is 294 g/mol. The van der Waals surface area contributed by atoms with Crippen molar-refractivity contribution in [3.05, 3.63) is 58.6 Å². The predicted octanol–water partition coefficient (Wildman–Crippen LogP) is 2.51. The summed E-state index contributed by atoms with van der Waals surface area (Å²) in [5.41, 5.74) is 1.55. The van der Waals surface area contributed by atoms with E-state index in [1.54, 1.807) is 42.7 Å². The van der Waals surface area contributed by atoms with Crippen LogP contribution in [0.4, 0.5) is 0 Å². The zero-order valence-corrected chi connectivity index (χ0v) is 11.5. The van der Waals surface area contributed by atoms with E-state index in [4.69, 9.17) is 0 Å². The average Bonchev–Trinajstić information content (AvgIpc) is 2.39. The molecule has 0 saturated heterocycles. The molecule has 0 aliphatic rings. The van der Waals surface area contributed by atoms with Crippen molar-refractivity contribution >= 4 is 21.8 Å². The Morgan fingerprint density at radius 2 is 2.11 bits per heavy atom. The lowest BCUT2D eigenvalue weighted by Gasteiger charge is -2.17. The van der Waals surface area contributed by atoms with Gasteiger partial charge in [-0.3, -0.25) is 9.78 Å². The Bertz CT molecular complexity index is 545. The maximum Gasteiger partial charge on any atom is 0.256 e. The van der Waals surface area contributed by atoms with Crippen molar-refractivity contribution < 1.29 is 4.79 Å². The molecule has 0 N–H and O–H groups in total. The number of amides is 1. The highest BCUT2D eigenvalue weighted by Gasteiger charge is 2.15. The molecule has 0 spiro atoms. The molecule has 0 radical (unpaired) electrons. The summed E-state index contributed by atoms with van der Waals surface area (Å²) in [6.45, 7) is 0.522. The molecule has 0 saturated carbocycles. The van der Waals surface area contributed by atoms with Crippen molar-refractivity contribution in [2.24, 2.45) is 0 Å². The van der Waals surface area contributed by atoms with Crippen LogP contribution in [-0.4, -0.2) is 27.8 Å². The largest absolute Gasteiger partial charge is 0.337 e. The Hall–Kier alpha value is -1.75. The highest BCUT2D eigenvalue weighted by molar-refractivity contribution is 9.10. The Labute approximate surface area is 114 Å². The lowest BCUT2D eigenvalue weighted by molar-refractivity contribution is 0.0783. The molecule has 0 aliphatic carbocycles. The Morgan fingerprint density at radius 1 is 1.33 bits per heavy atom. The summed E-state index contributed by atoms with van der Waals surface area (Å²) in [5.74, 6) is -0.0705. The molecule has 92 valence electrons. The van der Waals surface area contributed by atoms with Crippen molar-refractivity contribution in [2.45, 2.75) is 6.54 Å². The second-order valence-corrected chi connectivity index (χ2v) is 4.62. The first-order chi connectivity index (χ1) is 8.68. The Kier molecular flexibility index (Phi) is 4.04. The van der Waals surface area contributed by atoms with E-state index in [1.807, 2.05) is 12.1 Å². The molecule has 0 unspecified atom stereocenters. The molecule has 0 aromatic carbocycles. The van der Waals surface area contributed by atoms with Crippen LogP contribution in [0.5, 0.6) is 0 Å². The van der Waals surface area contributed by atoms with Gasteiger partial charge in [-0.15, -0.1) is 0 Å². The lowest BCUT2D eigenvalue weighted by atomic mass is 10.2. The van der Waals surface area contributed by atoms with E-state index in [0.717, 1.165) is 5.56 Å². The second-order valence-electron chi connectivity index (χ2n) is 3.86. The minimum Gasteiger partial charge on any atom is -0.337 e. The van der Waals surface area contributed by atoms with Crippen molar-refractivity contribution in [3.8, 4) is 0 Å². The molecule has 2 heterocycles. The number of halogens is 1. The van der Waals surface area contributed by atoms with Gasteiger partial charge < -0.3 is 4.90 Å². The van der Waals surface area contributed by atoms with Crippen LogP contribution in [0, 0.1) is 0 Å². The topological polar surface area (TPSA) is 46.1 Å². The zero-order valence-electron chi connectivity index (χ0n) is 9.88. The summed E-state index contributed by atoms with van der Waals surface area (Å²) in [6.07, 6.45) is 5.10. The van der Waals surface area contributed by atoms with Gasteiger partial charge in [0, 0.05) is 32.2 Å². The number of nitrogens with zero attached hydrogens (tertiary/aromatic N) is 3. The first kappa shape index (κ1) is 12.7. The highest BCUT2D eigenvalue weighted by atomic mass is 79.9. The van der Waals surface area contributed by atoms with Gasteiger partial charge in [0.05, 0.1) is 5.56 Å². The fourth-order valence-electron chi connectivity index (χ4n) is 1.59. The van der Waals surface area contributed by atoms with Gasteiger partial charge >= 0.3 is 0 Å². The number of carbonyl (C=O) groups is 1. The molecular formula is C13H12BrN3O. The van der Waals surface area contributed by atoms with Crippen LogP contribution in [0.15, 0.2) is 47.5 Å². The van der Waals surface area contributed by atoms with Gasteiger partial charge in [-0.05, 0) is 39.7 Å². The molecule has 1 amide bonds. The highest BCUT2D eigenvalue weighted by Crippen LogP contribution is 2.15. The quantitative estimate of drug-likeness (QED) is 0.819. The number of carbonyl (C=O) groups excluding carboxylic acids is 1. The molecule has 0 fully saturated rings. The molecule has 2 aromatic heterocycles. The van der Waals surface area contributed by atoms with Crippen LogP contribution in [0.3, 0.4) is 0 Å². The number of pyridine rings is 2. The maximum absolute atomic E-state index is 12.2. The Morgan fingerprint density at radius 3 is 2.78 bits per heavy atom. The molecule has 18 heavy (non-hydrogen) atoms. The lowest BCUT2D eigenvalue weighted by Crippen LogP contribution is -2.26. The van der Waals surface area contributed by atoms with Gasteiger partial charge in [-0.25, -0.2) is 4.98 Å². The third kappa shape index (κ3) is 2.92. The number of hydrogen-bond donors (Lipinski definition) is 0. The van der Waals surface area contributed by atoms with Crippen molar-refractivity contribution in [1.29, 1.82) is 0 Å². The summed E-state index contributed by atoms with van der Waals surface area (Å²) >= 11 is 3.28. The van der Waals surface area contributed by atoms with E-state index in [-0.39, 0.29) is 5.91 Å². The zero-order chi connectivity index (χ0) is 13.0. The number of hydrogen-bond acceptors (Lipinski definition) is 3. The first-order valence-corrected chi connectivity index (χ1v) is 6.22. The summed E-state index contributed by atoms with van der Waals surface area (Å²) in [6, 6.07) is 7.29. The molecule has 5 heteroatoms. The minimum absolute atomic E-state index is 0.0705. The van der Waals surface area contributed by atoms with E-state index >= 15 is 0 Å². The smallest absolute Gasteiger partial charge is 0.256 e. The van der Waals surface area contributed by atoms with Gasteiger partial charge in [0.1, 0.15) is 4.60 Å². The monoisotopic (exact) mass is 305 g/mol. The molecule has 2 rings (SSSR count). The normalized spacial score (nSPS) is 10.1. The number of aromatic nitrogens is 2. The van der Waals surface area contributed by atoms with E-state index < -0.39 is 0 Å². The summed E-state index contributed by atoms with van der Waals surface area (Å²) < 4.78 is 0.563. The fraction of sp³-hybridized carbons (Fsp3) is 0.154. The van der Waals surface area contributed by atoms with Gasteiger partial charge in [0.2, 0.25) is 0 Å². The van der Waals surface area contributed by atoms with Gasteiger partial charge in [0.25, 0.3) is 5.91 Å². The van der Waals surface area contributed by atoms with Crippen LogP contribution in [-0.2, 0) is 6.54 Å². The summed E-state index contributed by atoms with van der Waals surface area (Å²) in [5, 5.41) is 0. The molecule has 4 nitrogen and oxygen atoms in total. The SMILES string of the molecule is CN(Cc1cccnc1)C(=O)c1cccnc1Br. The molecule has 2 aromatic rings. The summed E-state index contributed by atoms with van der Waals surface area (Å²) in [4.78, 5) is 21.9. The first-order valence-electron chi connectivity index (χ1n) is 5.43. The van der Waals surface area contributed by atoms with Gasteiger partial charge in [-0.2, -0.15) is 0 Å². The van der Waals surface area contributed by atoms with Crippen LogP contribution < -0.4 is 0 Å². The van der Waals surface area contributed by atoms with Gasteiger partial charge in [-0.1, -0.05) is 6.07 Å². The fourth-order valence-corrected chi connectivity index (χ4v) is 2.01. The summed E-state index contributed by atoms with van der Waals surface area (Å²) in [7, 11) is 1.76. The predicted molar refractivity (Wildman–Crippen MR) is 72.0 cm³/mol. The molecule has 0 aliphatic heterocycles. The van der Waals surface area contributed by atoms with E-state index in [0.29, 0.717) is 16.7 Å². The van der Waals surface area contributed by atoms with E-state index in [9.17, 15) is 4.79 Å². The van der Waals surface area contributed by atoms with Crippen molar-refractivity contribution in [2.75, 3.05) is 7.05 Å². The number of rotatable bonds is 3. The van der Waals surface area contributed by atoms with Crippen LogP contribution in [0.2, 0.25) is 0 Å². The standard InChI is InChI=1S/C13H12BrN3O/c1-17(9-10-4-2-6-15-8-10)13(18)11-5-3-7-16-12(11)14/h2-8H,9H2,1H3. The minimum atomic E-state index is -0.0705. The third-order valence-electron chi connectivity index (χ3n) is 2.48. The van der Waals surface area contributed by atoms with E-state index in [2.05, 4.69) is 25.9 Å². The van der Waals surface area contributed by atoms with E-state index in [1.165, 1.54) is 0 Å². The van der Waals surface area contributed by atoms with Crippen molar-refractivity contribution in [3.63, 3.8) is 0 Å². The third-order valence-corrected chi connectivity index (χ3v) is 3.11.